The van der Waals surface area contributed by atoms with E-state index in [9.17, 15) is 27.6 Å². The highest BCUT2D eigenvalue weighted by molar-refractivity contribution is 6.05. The first-order valence-electron chi connectivity index (χ1n) is 13.7. The number of aliphatic hydroxyl groups excluding tert-OH is 1. The van der Waals surface area contributed by atoms with E-state index in [0.29, 0.717) is 43.7 Å². The van der Waals surface area contributed by atoms with Crippen LogP contribution in [0.3, 0.4) is 0 Å². The summed E-state index contributed by atoms with van der Waals surface area (Å²) in [5.41, 5.74) is 1.09. The van der Waals surface area contributed by atoms with E-state index in [-0.39, 0.29) is 40.3 Å². The van der Waals surface area contributed by atoms with Gasteiger partial charge in [-0.05, 0) is 38.2 Å². The number of carbonyl (C=O) groups excluding carboxylic acids is 3. The van der Waals surface area contributed by atoms with Crippen LogP contribution in [0.4, 0.5) is 18.9 Å². The van der Waals surface area contributed by atoms with Crippen LogP contribution in [0.2, 0.25) is 0 Å². The molecule has 0 spiro atoms. The van der Waals surface area contributed by atoms with Crippen LogP contribution >= 0.6 is 0 Å². The Balaban J connectivity index is 1.65. The Morgan fingerprint density at radius 1 is 1.12 bits per heavy atom. The summed E-state index contributed by atoms with van der Waals surface area (Å²) < 4.78 is 46.2. The number of carbonyl (C=O) groups is 3. The number of aromatic nitrogens is 2. The van der Waals surface area contributed by atoms with Gasteiger partial charge in [-0.1, -0.05) is 26.2 Å². The number of anilines is 1. The molecule has 2 aromatic rings. The number of hydrogen-bond acceptors (Lipinski definition) is 6. The van der Waals surface area contributed by atoms with E-state index in [1.165, 1.54) is 16.5 Å². The highest BCUT2D eigenvalue weighted by Gasteiger charge is 2.33. The lowest BCUT2D eigenvalue weighted by atomic mass is 9.88. The van der Waals surface area contributed by atoms with Gasteiger partial charge in [0.25, 0.3) is 5.91 Å². The average molecular weight is 568 g/mol. The van der Waals surface area contributed by atoms with Crippen molar-refractivity contribution in [2.24, 2.45) is 13.0 Å². The first-order chi connectivity index (χ1) is 19.0. The van der Waals surface area contributed by atoms with Crippen molar-refractivity contribution in [1.82, 2.24) is 19.8 Å². The van der Waals surface area contributed by atoms with E-state index in [0.717, 1.165) is 32.1 Å². The largest absolute Gasteiger partial charge is 0.481 e. The zero-order valence-electron chi connectivity index (χ0n) is 22.8. The van der Waals surface area contributed by atoms with E-state index in [1.54, 1.807) is 6.07 Å². The second-order valence-corrected chi connectivity index (χ2v) is 10.5. The van der Waals surface area contributed by atoms with Gasteiger partial charge in [-0.2, -0.15) is 13.2 Å². The van der Waals surface area contributed by atoms with Crippen LogP contribution in [0.15, 0.2) is 6.07 Å². The van der Waals surface area contributed by atoms with Crippen molar-refractivity contribution in [2.45, 2.75) is 70.5 Å². The molecule has 0 bridgehead atoms. The maximum absolute atomic E-state index is 13.4. The molecule has 220 valence electrons. The first kappa shape index (κ1) is 29.6. The molecule has 0 radical (unpaired) electrons. The molecule has 1 saturated heterocycles. The second-order valence-electron chi connectivity index (χ2n) is 10.5. The normalized spacial score (nSPS) is 17.2. The van der Waals surface area contributed by atoms with Crippen LogP contribution in [0.5, 0.6) is 5.75 Å². The number of nitrogens with one attached hydrogen (secondary N) is 2. The fraction of sp³-hybridized carbons (Fsp3) is 0.630. The molecule has 3 heterocycles. The molecule has 3 N–H and O–H groups in total. The lowest BCUT2D eigenvalue weighted by Crippen LogP contribution is -2.47. The van der Waals surface area contributed by atoms with Crippen molar-refractivity contribution in [3.05, 3.63) is 17.5 Å². The Kier molecular flexibility index (Phi) is 9.22. The molecular weight excluding hydrogens is 531 g/mol. The number of aryl methyl sites for hydroxylation is 2. The number of nitrogens with zero attached hydrogens (tertiary/aromatic N) is 3. The zero-order valence-corrected chi connectivity index (χ0v) is 22.8. The van der Waals surface area contributed by atoms with Crippen LogP contribution in [-0.2, 0) is 23.1 Å². The lowest BCUT2D eigenvalue weighted by molar-refractivity contribution is -0.153. The maximum Gasteiger partial charge on any atom is 0.422 e. The predicted molar refractivity (Wildman–Crippen MR) is 141 cm³/mol. The van der Waals surface area contributed by atoms with Crippen LogP contribution in [0.1, 0.15) is 68.1 Å². The number of pyridine rings is 1. The molecule has 3 amide bonds. The average Bonchev–Trinajstić information content (AvgIpc) is 3.21. The van der Waals surface area contributed by atoms with Crippen molar-refractivity contribution in [1.29, 1.82) is 0 Å². The topological polar surface area (TPSA) is 126 Å². The molecule has 0 unspecified atom stereocenters. The summed E-state index contributed by atoms with van der Waals surface area (Å²) >= 11 is 0. The van der Waals surface area contributed by atoms with Gasteiger partial charge in [-0.3, -0.25) is 14.4 Å². The molecule has 13 heteroatoms. The summed E-state index contributed by atoms with van der Waals surface area (Å²) in [5, 5.41) is 15.0. The molecule has 0 atom stereocenters. The summed E-state index contributed by atoms with van der Waals surface area (Å²) in [5.74, 6) is -1.57. The van der Waals surface area contributed by atoms with E-state index in [1.807, 2.05) is 6.92 Å². The smallest absolute Gasteiger partial charge is 0.422 e. The third-order valence-electron chi connectivity index (χ3n) is 7.68. The van der Waals surface area contributed by atoms with E-state index < -0.39 is 31.2 Å². The van der Waals surface area contributed by atoms with E-state index in [2.05, 4.69) is 15.6 Å². The van der Waals surface area contributed by atoms with Gasteiger partial charge in [0.05, 0.1) is 16.8 Å². The Bertz CT molecular complexity index is 1250. The molecule has 10 nitrogen and oxygen atoms in total. The Morgan fingerprint density at radius 2 is 1.80 bits per heavy atom. The Labute approximate surface area is 230 Å². The highest BCUT2D eigenvalue weighted by atomic mass is 19.4. The molecular formula is C27H36F3N5O5. The number of fused-ring (bicyclic) bond motifs is 1. The number of hydrogen-bond donors (Lipinski definition) is 3. The third-order valence-corrected chi connectivity index (χ3v) is 7.68. The van der Waals surface area contributed by atoms with Crippen LogP contribution < -0.4 is 15.4 Å². The molecule has 2 fully saturated rings. The fourth-order valence-corrected chi connectivity index (χ4v) is 5.51. The van der Waals surface area contributed by atoms with Crippen LogP contribution in [0.25, 0.3) is 11.0 Å². The third kappa shape index (κ3) is 6.68. The van der Waals surface area contributed by atoms with Crippen molar-refractivity contribution in [3.63, 3.8) is 0 Å². The SMILES string of the molecule is CCc1nc2c(cc1NC(=O)C1CCCCC1)c(OCC(F)(F)F)c(C(=O)NC1CCN(C(=O)CO)CC1)n2C. The number of amides is 3. The first-order valence-corrected chi connectivity index (χ1v) is 13.7. The number of likely N-dealkylation sites (tertiary alicyclic amines) is 1. The minimum Gasteiger partial charge on any atom is -0.481 e. The maximum atomic E-state index is 13.4. The van der Waals surface area contributed by atoms with Crippen LogP contribution in [0, 0.1) is 5.92 Å². The highest BCUT2D eigenvalue weighted by Crippen LogP contribution is 2.36. The van der Waals surface area contributed by atoms with Gasteiger partial charge in [-0.25, -0.2) is 4.98 Å². The number of ether oxygens (including phenoxy) is 1. The van der Waals surface area contributed by atoms with Crippen molar-refractivity contribution < 1.29 is 37.4 Å². The molecule has 1 aliphatic carbocycles. The fourth-order valence-electron chi connectivity index (χ4n) is 5.51. The molecule has 2 aromatic heterocycles. The Morgan fingerprint density at radius 3 is 2.40 bits per heavy atom. The number of piperidine rings is 1. The van der Waals surface area contributed by atoms with Gasteiger partial charge in [-0.15, -0.1) is 0 Å². The van der Waals surface area contributed by atoms with Gasteiger partial charge in [0.1, 0.15) is 12.3 Å². The molecule has 0 aromatic carbocycles. The van der Waals surface area contributed by atoms with Crippen molar-refractivity contribution in [2.75, 3.05) is 31.6 Å². The number of alkyl halides is 3. The van der Waals surface area contributed by atoms with E-state index in [4.69, 9.17) is 9.84 Å². The standard InChI is InChI=1S/C27H36F3N5O5/c1-3-19-20(33-25(38)16-7-5-4-6-8-16)13-18-23(40-15-27(28,29)30)22(34(2)24(18)32-19)26(39)31-17-9-11-35(12-10-17)21(37)14-36/h13,16-17,36H,3-12,14-15H2,1-2H3,(H,31,39)(H,33,38). The second kappa shape index (κ2) is 12.4. The minimum absolute atomic E-state index is 0.113. The monoisotopic (exact) mass is 567 g/mol. The summed E-state index contributed by atoms with van der Waals surface area (Å²) in [6.07, 6.45) is 1.26. The quantitative estimate of drug-likeness (QED) is 0.450. The molecule has 40 heavy (non-hydrogen) atoms. The predicted octanol–water partition coefficient (Wildman–Crippen LogP) is 3.31. The summed E-state index contributed by atoms with van der Waals surface area (Å²) in [6, 6.07) is 1.22. The summed E-state index contributed by atoms with van der Waals surface area (Å²) in [4.78, 5) is 44.3. The molecule has 2 aliphatic rings. The molecule has 1 aliphatic heterocycles. The zero-order chi connectivity index (χ0) is 29.0. The van der Waals surface area contributed by atoms with Gasteiger partial charge in [0.2, 0.25) is 11.8 Å². The van der Waals surface area contributed by atoms with Gasteiger partial charge >= 0.3 is 6.18 Å². The van der Waals surface area contributed by atoms with Crippen LogP contribution in [-0.4, -0.2) is 75.8 Å². The van der Waals surface area contributed by atoms with Gasteiger partial charge in [0.15, 0.2) is 18.1 Å². The molecule has 4 rings (SSSR count). The van der Waals surface area contributed by atoms with Crippen molar-refractivity contribution >= 4 is 34.4 Å². The van der Waals surface area contributed by atoms with E-state index >= 15 is 0 Å². The number of halogens is 3. The van der Waals surface area contributed by atoms with Crippen molar-refractivity contribution in [3.8, 4) is 5.75 Å². The minimum atomic E-state index is -4.64. The van der Waals surface area contributed by atoms with Gasteiger partial charge in [0, 0.05) is 32.1 Å². The lowest BCUT2D eigenvalue weighted by Gasteiger charge is -2.32. The van der Waals surface area contributed by atoms with Gasteiger partial charge < -0.3 is 29.9 Å². The molecule has 1 saturated carbocycles. The summed E-state index contributed by atoms with van der Waals surface area (Å²) in [6.45, 7) is 0.330. The summed E-state index contributed by atoms with van der Waals surface area (Å²) in [7, 11) is 1.53. The number of aliphatic hydroxyl groups is 1. The Hall–Kier alpha value is -3.35. The number of rotatable bonds is 8.